The summed E-state index contributed by atoms with van der Waals surface area (Å²) in [5.41, 5.74) is 11.0. The Kier molecular flexibility index (Phi) is 6.84. The first-order valence-electron chi connectivity index (χ1n) is 12.9. The van der Waals surface area contributed by atoms with E-state index in [-0.39, 0.29) is 24.1 Å². The van der Waals surface area contributed by atoms with E-state index in [0.717, 1.165) is 41.1 Å². The molecule has 0 saturated heterocycles. The van der Waals surface area contributed by atoms with Crippen LogP contribution in [-0.2, 0) is 29.4 Å². The van der Waals surface area contributed by atoms with Gasteiger partial charge in [0, 0.05) is 39.1 Å². The lowest BCUT2D eigenvalue weighted by molar-refractivity contribution is 0.0666. The SMILES string of the molecule is C[C@H](c1ncc(C2CC2)cc1F)N(C)C(=O)c1cc2nc(N)c3c(c2n1COCC[Si](C)(C)C)COC3. The summed E-state index contributed by atoms with van der Waals surface area (Å²) in [4.78, 5) is 24.3. The van der Waals surface area contributed by atoms with Gasteiger partial charge >= 0.3 is 0 Å². The summed E-state index contributed by atoms with van der Waals surface area (Å²) in [5.74, 6) is 0.182. The topological polar surface area (TPSA) is 95.5 Å². The van der Waals surface area contributed by atoms with Crippen molar-refractivity contribution in [2.24, 2.45) is 0 Å². The third-order valence-electron chi connectivity index (χ3n) is 7.44. The average Bonchev–Trinajstić information content (AvgIpc) is 3.46. The van der Waals surface area contributed by atoms with Crippen LogP contribution in [0.2, 0.25) is 25.7 Å². The molecule has 5 rings (SSSR count). The molecule has 2 aliphatic rings. The molecule has 2 N–H and O–H groups in total. The van der Waals surface area contributed by atoms with Gasteiger partial charge in [-0.05, 0) is 49.4 Å². The lowest BCUT2D eigenvalue weighted by Crippen LogP contribution is -2.32. The molecule has 0 aromatic carbocycles. The molecular weight excluding hydrogens is 489 g/mol. The van der Waals surface area contributed by atoms with Crippen LogP contribution in [0.15, 0.2) is 18.3 Å². The third kappa shape index (κ3) is 5.14. The molecule has 1 amide bonds. The molecular formula is C27H36FN5O3Si. The Balaban J connectivity index is 1.47. The molecule has 1 saturated carbocycles. The number of ether oxygens (including phenoxy) is 2. The van der Waals surface area contributed by atoms with E-state index >= 15 is 0 Å². The number of nitrogens with zero attached hydrogens (tertiary/aromatic N) is 4. The summed E-state index contributed by atoms with van der Waals surface area (Å²) in [6, 6.07) is 3.76. The number of pyridine rings is 2. The second kappa shape index (κ2) is 9.81. The predicted octanol–water partition coefficient (Wildman–Crippen LogP) is 5.21. The van der Waals surface area contributed by atoms with Crippen LogP contribution in [0.5, 0.6) is 0 Å². The summed E-state index contributed by atoms with van der Waals surface area (Å²) in [5, 5.41) is 0. The van der Waals surface area contributed by atoms with Gasteiger partial charge < -0.3 is 24.7 Å². The molecule has 0 bridgehead atoms. The van der Waals surface area contributed by atoms with Gasteiger partial charge in [-0.15, -0.1) is 0 Å². The molecule has 198 valence electrons. The van der Waals surface area contributed by atoms with E-state index in [2.05, 4.69) is 29.6 Å². The molecule has 4 heterocycles. The fourth-order valence-electron chi connectivity index (χ4n) is 4.80. The minimum Gasteiger partial charge on any atom is -0.383 e. The van der Waals surface area contributed by atoms with Crippen molar-refractivity contribution in [2.75, 3.05) is 19.4 Å². The molecule has 3 aromatic heterocycles. The highest BCUT2D eigenvalue weighted by atomic mass is 28.3. The highest BCUT2D eigenvalue weighted by Gasteiger charge is 2.30. The monoisotopic (exact) mass is 525 g/mol. The molecule has 1 atom stereocenters. The molecule has 1 aliphatic heterocycles. The minimum absolute atomic E-state index is 0.206. The molecule has 3 aromatic rings. The number of carbonyl (C=O) groups excluding carboxylic acids is 1. The van der Waals surface area contributed by atoms with Crippen molar-refractivity contribution in [3.8, 4) is 0 Å². The van der Waals surface area contributed by atoms with E-state index in [1.165, 1.54) is 4.90 Å². The van der Waals surface area contributed by atoms with E-state index < -0.39 is 14.1 Å². The predicted molar refractivity (Wildman–Crippen MR) is 143 cm³/mol. The minimum atomic E-state index is -1.28. The molecule has 8 nitrogen and oxygen atoms in total. The van der Waals surface area contributed by atoms with E-state index in [4.69, 9.17) is 15.2 Å². The first-order chi connectivity index (χ1) is 17.5. The zero-order chi connectivity index (χ0) is 26.5. The van der Waals surface area contributed by atoms with E-state index in [9.17, 15) is 9.18 Å². The molecule has 10 heteroatoms. The fourth-order valence-corrected chi connectivity index (χ4v) is 5.56. The van der Waals surface area contributed by atoms with E-state index in [1.54, 1.807) is 32.3 Å². The first-order valence-corrected chi connectivity index (χ1v) is 16.6. The molecule has 0 spiro atoms. The lowest BCUT2D eigenvalue weighted by Gasteiger charge is -2.26. The maximum Gasteiger partial charge on any atom is 0.270 e. The highest BCUT2D eigenvalue weighted by Crippen LogP contribution is 2.40. The van der Waals surface area contributed by atoms with Crippen LogP contribution in [0.3, 0.4) is 0 Å². The number of anilines is 1. The van der Waals surface area contributed by atoms with Gasteiger partial charge in [-0.1, -0.05) is 19.6 Å². The Labute approximate surface area is 218 Å². The van der Waals surface area contributed by atoms with Crippen LogP contribution >= 0.6 is 0 Å². The van der Waals surface area contributed by atoms with Gasteiger partial charge in [0.15, 0.2) is 0 Å². The number of halogens is 1. The van der Waals surface area contributed by atoms with E-state index in [1.807, 2.05) is 4.57 Å². The van der Waals surface area contributed by atoms with Gasteiger partial charge in [-0.3, -0.25) is 9.78 Å². The first kappa shape index (κ1) is 25.8. The quantitative estimate of drug-likeness (QED) is 0.305. The average molecular weight is 526 g/mol. The van der Waals surface area contributed by atoms with Gasteiger partial charge in [0.25, 0.3) is 5.91 Å². The van der Waals surface area contributed by atoms with Crippen molar-refractivity contribution in [3.63, 3.8) is 0 Å². The third-order valence-corrected chi connectivity index (χ3v) is 9.15. The van der Waals surface area contributed by atoms with Crippen molar-refractivity contribution in [2.45, 2.75) is 77.4 Å². The molecule has 1 fully saturated rings. The van der Waals surface area contributed by atoms with Crippen LogP contribution in [-0.4, -0.2) is 47.1 Å². The Morgan fingerprint density at radius 1 is 1.30 bits per heavy atom. The molecule has 37 heavy (non-hydrogen) atoms. The van der Waals surface area contributed by atoms with Gasteiger partial charge in [-0.25, -0.2) is 9.37 Å². The zero-order valence-electron chi connectivity index (χ0n) is 22.3. The normalized spacial score (nSPS) is 16.3. The van der Waals surface area contributed by atoms with Crippen molar-refractivity contribution >= 4 is 30.8 Å². The van der Waals surface area contributed by atoms with Gasteiger partial charge in [-0.2, -0.15) is 0 Å². The summed E-state index contributed by atoms with van der Waals surface area (Å²) in [7, 11) is 0.396. The summed E-state index contributed by atoms with van der Waals surface area (Å²) in [6.45, 7) is 10.3. The standard InChI is InChI=1S/C27H36FN5O3Si/c1-16(24-21(28)10-18(12-30-24)17-6-7-17)32(2)27(34)23-11-22-25(19-13-36-14-20(19)26(29)31-22)33(23)15-35-8-9-37(3,4)5/h10-12,16-17H,6-9,13-15H2,1-5H3,(H2,29,31)/t16-/m1/s1. The number of hydrogen-bond acceptors (Lipinski definition) is 6. The Morgan fingerprint density at radius 3 is 2.70 bits per heavy atom. The Bertz CT molecular complexity index is 1350. The Morgan fingerprint density at radius 2 is 2.03 bits per heavy atom. The number of nitrogen functional groups attached to an aromatic ring is 1. The lowest BCUT2D eigenvalue weighted by atomic mass is 10.1. The maximum atomic E-state index is 15.0. The molecule has 0 unspecified atom stereocenters. The van der Waals surface area contributed by atoms with Gasteiger partial charge in [0.05, 0.1) is 36.0 Å². The Hall–Kier alpha value is -2.82. The van der Waals surface area contributed by atoms with Crippen LogP contribution in [0, 0.1) is 5.82 Å². The van der Waals surface area contributed by atoms with Crippen LogP contribution in [0.4, 0.5) is 10.2 Å². The largest absolute Gasteiger partial charge is 0.383 e. The van der Waals surface area contributed by atoms with Crippen LogP contribution < -0.4 is 5.73 Å². The summed E-state index contributed by atoms with van der Waals surface area (Å²) >= 11 is 0. The van der Waals surface area contributed by atoms with Crippen LogP contribution in [0.1, 0.15) is 64.6 Å². The van der Waals surface area contributed by atoms with Gasteiger partial charge in [0.1, 0.15) is 24.1 Å². The van der Waals surface area contributed by atoms with Crippen molar-refractivity contribution in [1.29, 1.82) is 0 Å². The summed E-state index contributed by atoms with van der Waals surface area (Å²) in [6.07, 6.45) is 3.89. The highest BCUT2D eigenvalue weighted by molar-refractivity contribution is 6.76. The van der Waals surface area contributed by atoms with E-state index in [0.29, 0.717) is 42.8 Å². The molecule has 1 aliphatic carbocycles. The maximum absolute atomic E-state index is 15.0. The van der Waals surface area contributed by atoms with Crippen LogP contribution in [0.25, 0.3) is 11.0 Å². The second-order valence-corrected chi connectivity index (χ2v) is 17.1. The number of aromatic nitrogens is 3. The zero-order valence-corrected chi connectivity index (χ0v) is 23.3. The fraction of sp³-hybridized carbons (Fsp3) is 0.519. The van der Waals surface area contributed by atoms with Crippen molar-refractivity contribution in [1.82, 2.24) is 19.4 Å². The second-order valence-electron chi connectivity index (χ2n) is 11.5. The summed E-state index contributed by atoms with van der Waals surface area (Å²) < 4.78 is 28.6. The number of carbonyl (C=O) groups is 1. The van der Waals surface area contributed by atoms with Gasteiger partial charge in [0.2, 0.25) is 0 Å². The number of nitrogens with two attached hydrogens (primary N) is 1. The number of amides is 1. The number of rotatable bonds is 9. The van der Waals surface area contributed by atoms with Crippen molar-refractivity contribution in [3.05, 3.63) is 52.2 Å². The smallest absolute Gasteiger partial charge is 0.270 e. The van der Waals surface area contributed by atoms with Crippen molar-refractivity contribution < 1.29 is 18.7 Å². The number of hydrogen-bond donors (Lipinski definition) is 1. The number of fused-ring (bicyclic) bond motifs is 3. The molecule has 0 radical (unpaired) electrons.